The number of nitrogens with one attached hydrogen (secondary N) is 2. The number of carbonyl (C=O) groups is 1. The van der Waals surface area contributed by atoms with Gasteiger partial charge in [-0.3, -0.25) is 9.52 Å². The third-order valence-corrected chi connectivity index (χ3v) is 3.86. The molecule has 2 aromatic rings. The molecule has 0 atom stereocenters. The first-order valence-electron chi connectivity index (χ1n) is 7.28. The van der Waals surface area contributed by atoms with E-state index in [0.29, 0.717) is 17.1 Å². The number of rotatable bonds is 6. The normalized spacial score (nSPS) is 11.0. The largest absolute Gasteiger partial charge is 0.494 e. The lowest BCUT2D eigenvalue weighted by molar-refractivity contribution is -0.115. The van der Waals surface area contributed by atoms with Crippen LogP contribution in [0.1, 0.15) is 11.1 Å². The molecule has 0 radical (unpaired) electrons. The summed E-state index contributed by atoms with van der Waals surface area (Å²) in [4.78, 5) is 12.1. The Kier molecular flexibility index (Phi) is 5.46. The summed E-state index contributed by atoms with van der Waals surface area (Å²) in [7, 11) is -1.98. The van der Waals surface area contributed by atoms with Crippen LogP contribution in [0.5, 0.6) is 5.75 Å². The number of benzene rings is 2. The molecule has 0 fully saturated rings. The van der Waals surface area contributed by atoms with Crippen molar-refractivity contribution >= 4 is 27.3 Å². The quantitative estimate of drug-likeness (QED) is 0.840. The lowest BCUT2D eigenvalue weighted by Gasteiger charge is -2.12. The monoisotopic (exact) mass is 348 g/mol. The molecule has 0 aliphatic carbocycles. The molecule has 0 aromatic heterocycles. The van der Waals surface area contributed by atoms with Gasteiger partial charge in [-0.05, 0) is 24.6 Å². The molecule has 0 bridgehead atoms. The molecule has 0 spiro atoms. The molecular weight excluding hydrogens is 328 g/mol. The summed E-state index contributed by atoms with van der Waals surface area (Å²) < 4.78 is 30.2. The van der Waals surface area contributed by atoms with E-state index in [9.17, 15) is 13.2 Å². The zero-order valence-electron chi connectivity index (χ0n) is 13.8. The molecule has 0 saturated carbocycles. The van der Waals surface area contributed by atoms with E-state index in [0.717, 1.165) is 17.4 Å². The smallest absolute Gasteiger partial charge is 0.229 e. The highest BCUT2D eigenvalue weighted by atomic mass is 32.2. The maximum Gasteiger partial charge on any atom is 0.229 e. The van der Waals surface area contributed by atoms with Gasteiger partial charge in [-0.15, -0.1) is 0 Å². The van der Waals surface area contributed by atoms with E-state index in [1.54, 1.807) is 18.2 Å². The molecule has 2 aromatic carbocycles. The van der Waals surface area contributed by atoms with Crippen molar-refractivity contribution in [3.05, 3.63) is 53.6 Å². The van der Waals surface area contributed by atoms with Crippen LogP contribution in [0.3, 0.4) is 0 Å². The van der Waals surface area contributed by atoms with Crippen molar-refractivity contribution in [2.75, 3.05) is 23.4 Å². The minimum atomic E-state index is -3.41. The van der Waals surface area contributed by atoms with Crippen molar-refractivity contribution < 1.29 is 17.9 Å². The molecule has 1 amide bonds. The summed E-state index contributed by atoms with van der Waals surface area (Å²) in [5.74, 6) is 0.165. The number of aryl methyl sites for hydroxylation is 1. The first kappa shape index (κ1) is 17.8. The Morgan fingerprint density at radius 2 is 1.79 bits per heavy atom. The van der Waals surface area contributed by atoms with Crippen molar-refractivity contribution in [1.82, 2.24) is 0 Å². The number of methoxy groups -OCH3 is 1. The van der Waals surface area contributed by atoms with Crippen molar-refractivity contribution in [2.45, 2.75) is 13.3 Å². The third kappa shape index (κ3) is 5.27. The van der Waals surface area contributed by atoms with Crippen LogP contribution in [-0.4, -0.2) is 27.7 Å². The summed E-state index contributed by atoms with van der Waals surface area (Å²) in [6, 6.07) is 12.5. The van der Waals surface area contributed by atoms with Crippen molar-refractivity contribution in [1.29, 1.82) is 0 Å². The topological polar surface area (TPSA) is 84.5 Å². The molecule has 0 saturated heterocycles. The standard InChI is InChI=1S/C17H20N2O4S/c1-12-4-6-13(7-5-12)10-17(20)18-14-8-9-15(16(11-14)23-2)19-24(3,21)22/h4-9,11,19H,10H2,1-3H3,(H,18,20). The molecule has 0 unspecified atom stereocenters. The molecule has 0 aliphatic heterocycles. The van der Waals surface area contributed by atoms with E-state index in [4.69, 9.17) is 4.74 Å². The molecule has 0 aliphatic rings. The van der Waals surface area contributed by atoms with Gasteiger partial charge in [0.25, 0.3) is 0 Å². The average Bonchev–Trinajstić information content (AvgIpc) is 2.49. The number of amides is 1. The van der Waals surface area contributed by atoms with Crippen LogP contribution >= 0.6 is 0 Å². The molecule has 2 rings (SSSR count). The Labute approximate surface area is 141 Å². The zero-order chi connectivity index (χ0) is 17.7. The van der Waals surface area contributed by atoms with Gasteiger partial charge < -0.3 is 10.1 Å². The maximum absolute atomic E-state index is 12.1. The van der Waals surface area contributed by atoms with E-state index in [1.165, 1.54) is 7.11 Å². The molecule has 6 nitrogen and oxygen atoms in total. The van der Waals surface area contributed by atoms with E-state index in [-0.39, 0.29) is 12.3 Å². The van der Waals surface area contributed by atoms with Crippen LogP contribution in [-0.2, 0) is 21.2 Å². The van der Waals surface area contributed by atoms with Crippen LogP contribution in [0.25, 0.3) is 0 Å². The Morgan fingerprint density at radius 1 is 1.12 bits per heavy atom. The number of ether oxygens (including phenoxy) is 1. The second kappa shape index (κ2) is 7.35. The summed E-state index contributed by atoms with van der Waals surface area (Å²) >= 11 is 0. The predicted molar refractivity (Wildman–Crippen MR) is 95.0 cm³/mol. The van der Waals surface area contributed by atoms with Crippen LogP contribution in [0.4, 0.5) is 11.4 Å². The van der Waals surface area contributed by atoms with Gasteiger partial charge >= 0.3 is 0 Å². The maximum atomic E-state index is 12.1. The van der Waals surface area contributed by atoms with Gasteiger partial charge in [0.2, 0.25) is 15.9 Å². The third-order valence-electron chi connectivity index (χ3n) is 3.27. The van der Waals surface area contributed by atoms with E-state index in [2.05, 4.69) is 10.0 Å². The minimum Gasteiger partial charge on any atom is -0.494 e. The van der Waals surface area contributed by atoms with Gasteiger partial charge in [0.05, 0.1) is 25.5 Å². The van der Waals surface area contributed by atoms with E-state index >= 15 is 0 Å². The van der Waals surface area contributed by atoms with Crippen molar-refractivity contribution in [2.24, 2.45) is 0 Å². The minimum absolute atomic E-state index is 0.162. The molecular formula is C17H20N2O4S. The number of anilines is 2. The molecule has 128 valence electrons. The zero-order valence-corrected chi connectivity index (χ0v) is 14.6. The summed E-state index contributed by atoms with van der Waals surface area (Å²) in [6.07, 6.45) is 1.32. The van der Waals surface area contributed by atoms with Gasteiger partial charge in [-0.2, -0.15) is 0 Å². The fraction of sp³-hybridized carbons (Fsp3) is 0.235. The van der Waals surface area contributed by atoms with Crippen LogP contribution < -0.4 is 14.8 Å². The molecule has 0 heterocycles. The molecule has 24 heavy (non-hydrogen) atoms. The number of carbonyl (C=O) groups excluding carboxylic acids is 1. The highest BCUT2D eigenvalue weighted by Crippen LogP contribution is 2.28. The fourth-order valence-electron chi connectivity index (χ4n) is 2.15. The summed E-state index contributed by atoms with van der Waals surface area (Å²) in [5, 5.41) is 2.77. The van der Waals surface area contributed by atoms with Gasteiger partial charge in [0, 0.05) is 11.8 Å². The Hall–Kier alpha value is -2.54. The van der Waals surface area contributed by atoms with E-state index in [1.807, 2.05) is 31.2 Å². The van der Waals surface area contributed by atoms with Gasteiger partial charge in [0.1, 0.15) is 5.75 Å². The second-order valence-corrected chi connectivity index (χ2v) is 7.25. The Balaban J connectivity index is 2.09. The summed E-state index contributed by atoms with van der Waals surface area (Å²) in [6.45, 7) is 1.99. The first-order chi connectivity index (χ1) is 11.3. The van der Waals surface area contributed by atoms with Crippen molar-refractivity contribution in [3.8, 4) is 5.75 Å². The Morgan fingerprint density at radius 3 is 2.38 bits per heavy atom. The Bertz CT molecular complexity index is 830. The molecule has 7 heteroatoms. The highest BCUT2D eigenvalue weighted by Gasteiger charge is 2.11. The van der Waals surface area contributed by atoms with E-state index < -0.39 is 10.0 Å². The average molecular weight is 348 g/mol. The van der Waals surface area contributed by atoms with Gasteiger partial charge in [-0.25, -0.2) is 8.42 Å². The second-order valence-electron chi connectivity index (χ2n) is 5.50. The predicted octanol–water partition coefficient (Wildman–Crippen LogP) is 2.56. The van der Waals surface area contributed by atoms with Crippen LogP contribution in [0, 0.1) is 6.92 Å². The van der Waals surface area contributed by atoms with Crippen molar-refractivity contribution in [3.63, 3.8) is 0 Å². The fourth-order valence-corrected chi connectivity index (χ4v) is 2.72. The lowest BCUT2D eigenvalue weighted by atomic mass is 10.1. The van der Waals surface area contributed by atoms with Gasteiger partial charge in [0.15, 0.2) is 0 Å². The summed E-state index contributed by atoms with van der Waals surface area (Å²) in [5.41, 5.74) is 2.90. The first-order valence-corrected chi connectivity index (χ1v) is 9.17. The number of sulfonamides is 1. The number of hydrogen-bond donors (Lipinski definition) is 2. The van der Waals surface area contributed by atoms with Crippen LogP contribution in [0.2, 0.25) is 0 Å². The SMILES string of the molecule is COc1cc(NC(=O)Cc2ccc(C)cc2)ccc1NS(C)(=O)=O. The molecule has 2 N–H and O–H groups in total. The highest BCUT2D eigenvalue weighted by molar-refractivity contribution is 7.92. The lowest BCUT2D eigenvalue weighted by Crippen LogP contribution is -2.15. The number of hydrogen-bond acceptors (Lipinski definition) is 4. The van der Waals surface area contributed by atoms with Gasteiger partial charge in [-0.1, -0.05) is 29.8 Å². The van der Waals surface area contributed by atoms with Crippen LogP contribution in [0.15, 0.2) is 42.5 Å².